The molecule has 1 aromatic carbocycles. The van der Waals surface area contributed by atoms with Crippen LogP contribution in [0, 0.1) is 0 Å². The minimum Gasteiger partial charge on any atom is -0.507 e. The Bertz CT molecular complexity index is 1050. The number of aromatic hydroxyl groups is 1. The predicted octanol–water partition coefficient (Wildman–Crippen LogP) is 3.43. The van der Waals surface area contributed by atoms with Gasteiger partial charge >= 0.3 is 0 Å². The van der Waals surface area contributed by atoms with Gasteiger partial charge in [0.25, 0.3) is 0 Å². The van der Waals surface area contributed by atoms with E-state index in [1.165, 1.54) is 19.5 Å². The number of aryl methyl sites for hydroxylation is 1. The first-order chi connectivity index (χ1) is 12.8. The zero-order chi connectivity index (χ0) is 19.7. The van der Waals surface area contributed by atoms with Crippen LogP contribution < -0.4 is 5.43 Å². The van der Waals surface area contributed by atoms with Gasteiger partial charge in [-0.05, 0) is 46.1 Å². The number of aliphatic hydroxyl groups excluding tert-OH is 2. The van der Waals surface area contributed by atoms with Gasteiger partial charge in [-0.25, -0.2) is 0 Å². The summed E-state index contributed by atoms with van der Waals surface area (Å²) in [5.41, 5.74) is 2.40. The molecule has 0 amide bonds. The molecule has 2 unspecified atom stereocenters. The Hall–Kier alpha value is -2.57. The van der Waals surface area contributed by atoms with Gasteiger partial charge < -0.3 is 24.2 Å². The fraction of sp³-hybridized carbons (Fsp3) is 0.381. The third-order valence-electron chi connectivity index (χ3n) is 4.75. The van der Waals surface area contributed by atoms with Gasteiger partial charge in [-0.2, -0.15) is 0 Å². The average Bonchev–Trinajstić information content (AvgIpc) is 3.09. The number of allylic oxidation sites excluding steroid dienone is 2. The van der Waals surface area contributed by atoms with Crippen molar-refractivity contribution in [2.45, 2.75) is 52.2 Å². The lowest BCUT2D eigenvalue weighted by Gasteiger charge is -2.13. The van der Waals surface area contributed by atoms with Crippen LogP contribution in [0.2, 0.25) is 0 Å². The number of hydrogen-bond acceptors (Lipinski definition) is 6. The number of rotatable bonds is 6. The number of aliphatic hydroxyl groups is 2. The number of benzene rings is 1. The molecule has 0 bridgehead atoms. The molecule has 0 aliphatic rings. The summed E-state index contributed by atoms with van der Waals surface area (Å²) in [4.78, 5) is 13.0. The molecule has 0 fully saturated rings. The Morgan fingerprint density at radius 2 is 1.96 bits per heavy atom. The van der Waals surface area contributed by atoms with Crippen LogP contribution in [0.5, 0.6) is 5.75 Å². The molecular weight excluding hydrogens is 348 g/mol. The minimum absolute atomic E-state index is 0.116. The van der Waals surface area contributed by atoms with Crippen LogP contribution in [0.1, 0.15) is 38.3 Å². The van der Waals surface area contributed by atoms with Crippen molar-refractivity contribution in [3.8, 4) is 5.75 Å². The molecule has 0 radical (unpaired) electrons. The first kappa shape index (κ1) is 19.2. The monoisotopic (exact) mass is 372 g/mol. The molecular formula is C21H24O6. The number of furan rings is 1. The normalized spacial score (nSPS) is 13.8. The summed E-state index contributed by atoms with van der Waals surface area (Å²) in [7, 11) is 0. The summed E-state index contributed by atoms with van der Waals surface area (Å²) in [6.45, 7) is 5.40. The summed E-state index contributed by atoms with van der Waals surface area (Å²) in [6, 6.07) is 1.71. The van der Waals surface area contributed by atoms with Gasteiger partial charge in [0.2, 0.25) is 0 Å². The lowest BCUT2D eigenvalue weighted by atomic mass is 9.99. The highest BCUT2D eigenvalue weighted by molar-refractivity contribution is 6.07. The highest BCUT2D eigenvalue weighted by Crippen LogP contribution is 2.37. The van der Waals surface area contributed by atoms with E-state index in [1.807, 2.05) is 19.9 Å². The highest BCUT2D eigenvalue weighted by Gasteiger charge is 2.21. The Morgan fingerprint density at radius 3 is 2.63 bits per heavy atom. The lowest BCUT2D eigenvalue weighted by molar-refractivity contribution is 0.0264. The molecule has 0 aliphatic heterocycles. The fourth-order valence-electron chi connectivity index (χ4n) is 3.11. The van der Waals surface area contributed by atoms with Gasteiger partial charge in [0, 0.05) is 11.1 Å². The largest absolute Gasteiger partial charge is 0.507 e. The van der Waals surface area contributed by atoms with Gasteiger partial charge in [0.1, 0.15) is 16.7 Å². The quantitative estimate of drug-likeness (QED) is 0.573. The third-order valence-corrected chi connectivity index (χ3v) is 4.75. The van der Waals surface area contributed by atoms with Crippen LogP contribution in [-0.2, 0) is 12.8 Å². The van der Waals surface area contributed by atoms with E-state index in [1.54, 1.807) is 6.07 Å². The summed E-state index contributed by atoms with van der Waals surface area (Å²) in [5.74, 6) is -0.142. The third kappa shape index (κ3) is 3.63. The van der Waals surface area contributed by atoms with Crippen LogP contribution in [0.4, 0.5) is 0 Å². The van der Waals surface area contributed by atoms with Crippen molar-refractivity contribution < 1.29 is 24.2 Å². The van der Waals surface area contributed by atoms with Crippen molar-refractivity contribution in [1.29, 1.82) is 0 Å². The Morgan fingerprint density at radius 1 is 1.22 bits per heavy atom. The first-order valence-electron chi connectivity index (χ1n) is 8.96. The second-order valence-corrected chi connectivity index (χ2v) is 7.12. The summed E-state index contributed by atoms with van der Waals surface area (Å²) in [5, 5.41) is 30.7. The van der Waals surface area contributed by atoms with E-state index >= 15 is 0 Å². The van der Waals surface area contributed by atoms with Crippen LogP contribution in [-0.4, -0.2) is 27.5 Å². The number of fused-ring (bicyclic) bond motifs is 3. The second-order valence-electron chi connectivity index (χ2n) is 7.12. The van der Waals surface area contributed by atoms with Gasteiger partial charge in [-0.15, -0.1) is 0 Å². The van der Waals surface area contributed by atoms with E-state index in [0.717, 1.165) is 5.57 Å². The van der Waals surface area contributed by atoms with Crippen LogP contribution in [0.3, 0.4) is 0 Å². The molecule has 0 aliphatic carbocycles. The summed E-state index contributed by atoms with van der Waals surface area (Å²) >= 11 is 0. The Kier molecular flexibility index (Phi) is 5.39. The average molecular weight is 372 g/mol. The molecule has 144 valence electrons. The van der Waals surface area contributed by atoms with Gasteiger partial charge in [-0.1, -0.05) is 11.6 Å². The predicted molar refractivity (Wildman–Crippen MR) is 103 cm³/mol. The van der Waals surface area contributed by atoms with E-state index in [2.05, 4.69) is 0 Å². The zero-order valence-electron chi connectivity index (χ0n) is 15.7. The molecule has 0 saturated heterocycles. The molecule has 2 aromatic heterocycles. The van der Waals surface area contributed by atoms with Gasteiger partial charge in [0.05, 0.1) is 30.1 Å². The molecule has 2 heterocycles. The van der Waals surface area contributed by atoms with E-state index in [4.69, 9.17) is 8.83 Å². The van der Waals surface area contributed by atoms with E-state index in [0.29, 0.717) is 28.5 Å². The molecule has 6 heteroatoms. The Balaban J connectivity index is 2.16. The maximum Gasteiger partial charge on any atom is 0.199 e. The fourth-order valence-corrected chi connectivity index (χ4v) is 3.11. The Labute approximate surface area is 156 Å². The second kappa shape index (κ2) is 7.58. The molecule has 0 saturated carbocycles. The molecule has 6 nitrogen and oxygen atoms in total. The molecule has 3 N–H and O–H groups in total. The first-order valence-corrected chi connectivity index (χ1v) is 8.96. The van der Waals surface area contributed by atoms with Crippen LogP contribution in [0.25, 0.3) is 21.9 Å². The van der Waals surface area contributed by atoms with Crippen molar-refractivity contribution in [3.63, 3.8) is 0 Å². The molecule has 3 aromatic rings. The van der Waals surface area contributed by atoms with Gasteiger partial charge in [0.15, 0.2) is 11.0 Å². The van der Waals surface area contributed by atoms with Crippen molar-refractivity contribution in [1.82, 2.24) is 0 Å². The van der Waals surface area contributed by atoms with E-state index in [9.17, 15) is 20.1 Å². The van der Waals surface area contributed by atoms with Crippen molar-refractivity contribution in [2.75, 3.05) is 0 Å². The topological polar surface area (TPSA) is 104 Å². The smallest absolute Gasteiger partial charge is 0.199 e. The maximum absolute atomic E-state index is 13.0. The van der Waals surface area contributed by atoms with E-state index in [-0.39, 0.29) is 35.0 Å². The molecule has 2 atom stereocenters. The van der Waals surface area contributed by atoms with Crippen molar-refractivity contribution in [3.05, 3.63) is 51.6 Å². The highest BCUT2D eigenvalue weighted by atomic mass is 16.3. The van der Waals surface area contributed by atoms with Crippen LogP contribution in [0.15, 0.2) is 43.9 Å². The SMILES string of the molecule is CC(C)=CCc1c(O)c2c(=O)c(CCC(O)C(C)O)coc2c2ccoc12. The summed E-state index contributed by atoms with van der Waals surface area (Å²) in [6.07, 6.45) is 3.87. The minimum atomic E-state index is -0.932. The molecule has 3 rings (SSSR count). The van der Waals surface area contributed by atoms with Crippen LogP contribution >= 0.6 is 0 Å². The van der Waals surface area contributed by atoms with Crippen molar-refractivity contribution in [2.24, 2.45) is 0 Å². The maximum atomic E-state index is 13.0. The molecule has 0 spiro atoms. The lowest BCUT2D eigenvalue weighted by Crippen LogP contribution is -2.24. The summed E-state index contributed by atoms with van der Waals surface area (Å²) < 4.78 is 11.2. The van der Waals surface area contributed by atoms with Crippen molar-refractivity contribution >= 4 is 21.9 Å². The zero-order valence-corrected chi connectivity index (χ0v) is 15.7. The van der Waals surface area contributed by atoms with E-state index < -0.39 is 12.2 Å². The molecule has 27 heavy (non-hydrogen) atoms. The van der Waals surface area contributed by atoms with Gasteiger partial charge in [-0.3, -0.25) is 4.79 Å². The number of hydrogen-bond donors (Lipinski definition) is 3. The standard InChI is InChI=1S/C21H24O6/c1-11(2)4-6-14-19(25)17-18(24)13(5-7-16(23)12(3)22)10-27-21(17)15-8-9-26-20(14)15/h4,8-10,12,16,22-23,25H,5-7H2,1-3H3. The number of phenols is 1. The number of phenolic OH excluding ortho intramolecular Hbond substituents is 1.